The predicted octanol–water partition coefficient (Wildman–Crippen LogP) is 1.85. The van der Waals surface area contributed by atoms with Crippen molar-refractivity contribution in [3.05, 3.63) is 29.3 Å². The van der Waals surface area contributed by atoms with E-state index < -0.39 is 10.0 Å². The van der Waals surface area contributed by atoms with Gasteiger partial charge in [0.05, 0.1) is 4.90 Å². The van der Waals surface area contributed by atoms with Crippen LogP contribution < -0.4 is 11.1 Å². The summed E-state index contributed by atoms with van der Waals surface area (Å²) in [6.45, 7) is 1.27. The van der Waals surface area contributed by atoms with E-state index in [-0.39, 0.29) is 30.3 Å². The number of nitrogens with two attached hydrogens (primary N) is 1. The maximum atomic E-state index is 13.0. The van der Waals surface area contributed by atoms with Gasteiger partial charge in [0.25, 0.3) is 0 Å². The Morgan fingerprint density at radius 1 is 1.14 bits per heavy atom. The minimum absolute atomic E-state index is 0. The number of carbonyl (C=O) groups excluding carboxylic acids is 1. The monoisotopic (exact) mass is 427 g/mol. The van der Waals surface area contributed by atoms with Gasteiger partial charge < -0.3 is 11.1 Å². The van der Waals surface area contributed by atoms with Crippen LogP contribution in [-0.4, -0.2) is 44.3 Å². The molecule has 3 aliphatic rings. The fraction of sp³-hybridized carbons (Fsp3) is 0.650. The first kappa shape index (κ1) is 21.6. The molecular weight excluding hydrogens is 398 g/mol. The molecule has 1 saturated carbocycles. The highest BCUT2D eigenvalue weighted by molar-refractivity contribution is 7.89. The summed E-state index contributed by atoms with van der Waals surface area (Å²) < 4.78 is 27.5. The predicted molar refractivity (Wildman–Crippen MR) is 111 cm³/mol. The van der Waals surface area contributed by atoms with E-state index in [4.69, 9.17) is 5.73 Å². The average molecular weight is 428 g/mol. The van der Waals surface area contributed by atoms with Gasteiger partial charge in [-0.1, -0.05) is 6.07 Å². The van der Waals surface area contributed by atoms with Gasteiger partial charge in [0.2, 0.25) is 15.9 Å². The Balaban J connectivity index is 0.00000225. The Kier molecular flexibility index (Phi) is 6.69. The van der Waals surface area contributed by atoms with E-state index in [0.29, 0.717) is 43.3 Å². The molecule has 3 N–H and O–H groups in total. The zero-order valence-corrected chi connectivity index (χ0v) is 17.7. The molecule has 4 rings (SSSR count). The number of benzene rings is 1. The molecule has 1 aliphatic heterocycles. The molecule has 8 heteroatoms. The lowest BCUT2D eigenvalue weighted by molar-refractivity contribution is -0.126. The van der Waals surface area contributed by atoms with Crippen LogP contribution in [0, 0.1) is 11.8 Å². The van der Waals surface area contributed by atoms with Gasteiger partial charge in [-0.3, -0.25) is 4.79 Å². The number of hydrogen-bond donors (Lipinski definition) is 2. The van der Waals surface area contributed by atoms with Crippen molar-refractivity contribution in [1.29, 1.82) is 0 Å². The van der Waals surface area contributed by atoms with Crippen LogP contribution >= 0.6 is 12.4 Å². The largest absolute Gasteiger partial charge is 0.352 e. The summed E-state index contributed by atoms with van der Waals surface area (Å²) in [7, 11) is -3.48. The molecule has 1 heterocycles. The van der Waals surface area contributed by atoms with E-state index in [1.54, 1.807) is 6.07 Å². The lowest BCUT2D eigenvalue weighted by atomic mass is 9.96. The standard InChI is InChI=1S/C20H29N3O3S.ClH/c21-13-19(15-4-5-15)22-20(24)16-8-10-23(11-9-16)27(25,26)18-7-6-14-2-1-3-17(14)12-18;/h6-7,12,15-16,19H,1-5,8-11,13,21H2,(H,22,24);1H. The van der Waals surface area contributed by atoms with Gasteiger partial charge in [0.15, 0.2) is 0 Å². The maximum Gasteiger partial charge on any atom is 0.243 e. The van der Waals surface area contributed by atoms with E-state index in [1.807, 2.05) is 12.1 Å². The van der Waals surface area contributed by atoms with Gasteiger partial charge in [-0.25, -0.2) is 8.42 Å². The molecule has 1 atom stereocenters. The zero-order valence-electron chi connectivity index (χ0n) is 16.1. The molecule has 1 amide bonds. The number of hydrogen-bond acceptors (Lipinski definition) is 4. The van der Waals surface area contributed by atoms with Crippen molar-refractivity contribution in [2.24, 2.45) is 17.6 Å². The highest BCUT2D eigenvalue weighted by Crippen LogP contribution is 2.33. The maximum absolute atomic E-state index is 13.0. The van der Waals surface area contributed by atoms with Crippen LogP contribution in [0.15, 0.2) is 23.1 Å². The second kappa shape index (κ2) is 8.69. The van der Waals surface area contributed by atoms with Crippen LogP contribution in [0.25, 0.3) is 0 Å². The van der Waals surface area contributed by atoms with Gasteiger partial charge in [-0.2, -0.15) is 4.31 Å². The van der Waals surface area contributed by atoms with Crippen molar-refractivity contribution in [2.75, 3.05) is 19.6 Å². The van der Waals surface area contributed by atoms with Gasteiger partial charge >= 0.3 is 0 Å². The van der Waals surface area contributed by atoms with Gasteiger partial charge in [0, 0.05) is 31.6 Å². The second-order valence-electron chi connectivity index (χ2n) is 8.15. The quantitative estimate of drug-likeness (QED) is 0.724. The summed E-state index contributed by atoms with van der Waals surface area (Å²) in [6.07, 6.45) is 6.52. The van der Waals surface area contributed by atoms with Crippen molar-refractivity contribution >= 4 is 28.3 Å². The fourth-order valence-corrected chi connectivity index (χ4v) is 5.91. The number of fused-ring (bicyclic) bond motifs is 1. The number of rotatable bonds is 6. The molecule has 28 heavy (non-hydrogen) atoms. The molecule has 0 aromatic heterocycles. The smallest absolute Gasteiger partial charge is 0.243 e. The van der Waals surface area contributed by atoms with Crippen LogP contribution in [0.1, 0.15) is 43.2 Å². The molecule has 1 aromatic carbocycles. The first-order chi connectivity index (χ1) is 13.0. The van der Waals surface area contributed by atoms with Crippen molar-refractivity contribution in [1.82, 2.24) is 9.62 Å². The normalized spacial score (nSPS) is 21.6. The first-order valence-corrected chi connectivity index (χ1v) is 11.6. The lowest BCUT2D eigenvalue weighted by Crippen LogP contribution is -2.47. The number of nitrogens with zero attached hydrogens (tertiary/aromatic N) is 1. The van der Waals surface area contributed by atoms with Crippen molar-refractivity contribution in [3.8, 4) is 0 Å². The third-order valence-electron chi connectivity index (χ3n) is 6.31. The minimum Gasteiger partial charge on any atom is -0.352 e. The highest BCUT2D eigenvalue weighted by atomic mass is 35.5. The summed E-state index contributed by atoms with van der Waals surface area (Å²) in [6, 6.07) is 5.61. The Morgan fingerprint density at radius 3 is 2.46 bits per heavy atom. The summed E-state index contributed by atoms with van der Waals surface area (Å²) in [5, 5.41) is 3.08. The molecule has 1 aromatic rings. The van der Waals surface area contributed by atoms with Gasteiger partial charge in [-0.05, 0) is 74.1 Å². The van der Waals surface area contributed by atoms with E-state index in [0.717, 1.165) is 32.1 Å². The molecule has 2 fully saturated rings. The third-order valence-corrected chi connectivity index (χ3v) is 8.20. The number of carbonyl (C=O) groups is 1. The van der Waals surface area contributed by atoms with Crippen LogP contribution in [0.5, 0.6) is 0 Å². The Bertz CT molecular complexity index is 818. The number of sulfonamides is 1. The molecular formula is C20H30ClN3O3S. The zero-order chi connectivity index (χ0) is 19.0. The van der Waals surface area contributed by atoms with Crippen LogP contribution in [-0.2, 0) is 27.7 Å². The van der Waals surface area contributed by atoms with Gasteiger partial charge in [0.1, 0.15) is 0 Å². The lowest BCUT2D eigenvalue weighted by Gasteiger charge is -2.31. The van der Waals surface area contributed by atoms with Crippen LogP contribution in [0.2, 0.25) is 0 Å². The highest BCUT2D eigenvalue weighted by Gasteiger charge is 2.35. The summed E-state index contributed by atoms with van der Waals surface area (Å²) >= 11 is 0. The van der Waals surface area contributed by atoms with Crippen LogP contribution in [0.4, 0.5) is 0 Å². The number of aryl methyl sites for hydroxylation is 2. The van der Waals surface area contributed by atoms with Gasteiger partial charge in [-0.15, -0.1) is 12.4 Å². The molecule has 1 unspecified atom stereocenters. The van der Waals surface area contributed by atoms with E-state index in [9.17, 15) is 13.2 Å². The molecule has 6 nitrogen and oxygen atoms in total. The van der Waals surface area contributed by atoms with E-state index in [1.165, 1.54) is 15.4 Å². The number of piperidine rings is 1. The first-order valence-electron chi connectivity index (χ1n) is 10.1. The fourth-order valence-electron chi connectivity index (χ4n) is 4.38. The number of amides is 1. The number of nitrogens with one attached hydrogen (secondary N) is 1. The molecule has 2 aliphatic carbocycles. The summed E-state index contributed by atoms with van der Waals surface area (Å²) in [4.78, 5) is 12.9. The molecule has 156 valence electrons. The molecule has 0 spiro atoms. The average Bonchev–Trinajstić information content (AvgIpc) is 3.42. The topological polar surface area (TPSA) is 92.5 Å². The second-order valence-corrected chi connectivity index (χ2v) is 10.1. The van der Waals surface area contributed by atoms with Crippen LogP contribution in [0.3, 0.4) is 0 Å². The molecule has 1 saturated heterocycles. The Morgan fingerprint density at radius 2 is 1.82 bits per heavy atom. The minimum atomic E-state index is -3.48. The summed E-state index contributed by atoms with van der Waals surface area (Å²) in [5.74, 6) is 0.440. The third kappa shape index (κ3) is 4.37. The number of halogens is 1. The summed E-state index contributed by atoms with van der Waals surface area (Å²) in [5.41, 5.74) is 8.21. The Labute approximate surface area is 173 Å². The van der Waals surface area contributed by atoms with E-state index in [2.05, 4.69) is 5.32 Å². The van der Waals surface area contributed by atoms with E-state index >= 15 is 0 Å². The SMILES string of the molecule is Cl.NCC(NC(=O)C1CCN(S(=O)(=O)c2ccc3c(c2)CCC3)CC1)C1CC1. The molecule has 0 bridgehead atoms. The van der Waals surface area contributed by atoms with Crippen molar-refractivity contribution in [3.63, 3.8) is 0 Å². The van der Waals surface area contributed by atoms with Crippen molar-refractivity contribution in [2.45, 2.75) is 55.9 Å². The Hall–Kier alpha value is -1.15. The van der Waals surface area contributed by atoms with Crippen molar-refractivity contribution < 1.29 is 13.2 Å². The molecule has 0 radical (unpaired) electrons.